The molecule has 0 saturated carbocycles. The maximum absolute atomic E-state index is 13.0. The van der Waals surface area contributed by atoms with Gasteiger partial charge in [-0.05, 0) is 55.0 Å². The minimum Gasteiger partial charge on any atom is -0.371 e. The first kappa shape index (κ1) is 19.0. The van der Waals surface area contributed by atoms with Crippen LogP contribution >= 0.6 is 12.2 Å². The van der Waals surface area contributed by atoms with E-state index >= 15 is 0 Å². The molecule has 0 spiro atoms. The fourth-order valence-corrected chi connectivity index (χ4v) is 4.30. The number of anilines is 2. The third-order valence-corrected chi connectivity index (χ3v) is 5.82. The Morgan fingerprint density at radius 2 is 1.82 bits per heavy atom. The van der Waals surface area contributed by atoms with E-state index in [4.69, 9.17) is 12.2 Å². The van der Waals surface area contributed by atoms with Crippen molar-refractivity contribution < 1.29 is 13.2 Å². The zero-order chi connectivity index (χ0) is 19.9. The third kappa shape index (κ3) is 3.92. The van der Waals surface area contributed by atoms with Crippen LogP contribution in [0.3, 0.4) is 0 Å². The van der Waals surface area contributed by atoms with Gasteiger partial charge in [-0.1, -0.05) is 6.07 Å². The summed E-state index contributed by atoms with van der Waals surface area (Å²) in [5.41, 5.74) is 1.15. The average molecular weight is 406 g/mol. The zero-order valence-corrected chi connectivity index (χ0v) is 16.2. The Balaban J connectivity index is 1.38. The van der Waals surface area contributed by atoms with Gasteiger partial charge >= 0.3 is 6.18 Å². The zero-order valence-electron chi connectivity index (χ0n) is 15.4. The number of fused-ring (bicyclic) bond motifs is 1. The predicted octanol–water partition coefficient (Wildman–Crippen LogP) is 4.17. The molecule has 2 unspecified atom stereocenters. The molecule has 4 nitrogen and oxygen atoms in total. The highest BCUT2D eigenvalue weighted by atomic mass is 32.1. The van der Waals surface area contributed by atoms with Crippen molar-refractivity contribution in [1.29, 1.82) is 0 Å². The second-order valence-corrected chi connectivity index (χ2v) is 7.91. The van der Waals surface area contributed by atoms with E-state index in [0.29, 0.717) is 22.6 Å². The number of likely N-dealkylation sites (tertiary alicyclic amines) is 1. The number of nitrogens with zero attached hydrogens (tertiary/aromatic N) is 3. The van der Waals surface area contributed by atoms with Gasteiger partial charge < -0.3 is 15.1 Å². The largest absolute Gasteiger partial charge is 0.416 e. The molecule has 2 fully saturated rings. The highest BCUT2D eigenvalue weighted by Crippen LogP contribution is 2.36. The van der Waals surface area contributed by atoms with Gasteiger partial charge in [0, 0.05) is 49.9 Å². The molecule has 0 amide bonds. The van der Waals surface area contributed by atoms with E-state index in [1.165, 1.54) is 12.1 Å². The standard InChI is InChI=1S/C20H21F3N4S/c1-13-5-6-24-18(7-13)25-19(28)27-11-14-9-26(10-15(14)12-27)17-4-2-3-16(8-17)20(21,22)23/h2-8,14-15H,9-12H2,1H3,(H,24,25,28). The lowest BCUT2D eigenvalue weighted by atomic mass is 10.0. The van der Waals surface area contributed by atoms with Gasteiger partial charge in [0.05, 0.1) is 5.56 Å². The number of aromatic nitrogens is 1. The van der Waals surface area contributed by atoms with Gasteiger partial charge in [-0.15, -0.1) is 0 Å². The highest BCUT2D eigenvalue weighted by molar-refractivity contribution is 7.80. The van der Waals surface area contributed by atoms with Crippen LogP contribution in [0, 0.1) is 18.8 Å². The summed E-state index contributed by atoms with van der Waals surface area (Å²) in [4.78, 5) is 8.47. The van der Waals surface area contributed by atoms with E-state index in [-0.39, 0.29) is 0 Å². The minimum atomic E-state index is -4.32. The van der Waals surface area contributed by atoms with Crippen LogP contribution in [0.5, 0.6) is 0 Å². The minimum absolute atomic E-state index is 0.389. The van der Waals surface area contributed by atoms with Crippen LogP contribution in [-0.4, -0.2) is 41.2 Å². The fraction of sp³-hybridized carbons (Fsp3) is 0.400. The van der Waals surface area contributed by atoms with Crippen LogP contribution in [0.4, 0.5) is 24.7 Å². The number of thiocarbonyl (C=S) groups is 1. The Morgan fingerprint density at radius 3 is 2.46 bits per heavy atom. The van der Waals surface area contributed by atoms with Crippen LogP contribution in [0.1, 0.15) is 11.1 Å². The van der Waals surface area contributed by atoms with Gasteiger partial charge in [-0.3, -0.25) is 0 Å². The van der Waals surface area contributed by atoms with Crippen LogP contribution in [-0.2, 0) is 6.18 Å². The topological polar surface area (TPSA) is 31.4 Å². The monoisotopic (exact) mass is 406 g/mol. The molecule has 2 aromatic rings. The van der Waals surface area contributed by atoms with Crippen molar-refractivity contribution in [2.45, 2.75) is 13.1 Å². The number of pyridine rings is 1. The van der Waals surface area contributed by atoms with Crippen molar-refractivity contribution in [3.63, 3.8) is 0 Å². The van der Waals surface area contributed by atoms with Gasteiger partial charge in [-0.25, -0.2) is 4.98 Å². The molecule has 1 N–H and O–H groups in total. The van der Waals surface area contributed by atoms with Gasteiger partial charge in [0.15, 0.2) is 5.11 Å². The molecule has 0 radical (unpaired) electrons. The molecule has 3 heterocycles. The molecular formula is C20H21F3N4S. The molecule has 8 heteroatoms. The summed E-state index contributed by atoms with van der Waals surface area (Å²) >= 11 is 5.53. The quantitative estimate of drug-likeness (QED) is 0.757. The van der Waals surface area contributed by atoms with Crippen molar-refractivity contribution in [2.75, 3.05) is 36.4 Å². The van der Waals surface area contributed by atoms with Gasteiger partial charge in [0.2, 0.25) is 0 Å². The average Bonchev–Trinajstić information content (AvgIpc) is 3.20. The Labute approximate surface area is 167 Å². The third-order valence-electron chi connectivity index (χ3n) is 5.46. The van der Waals surface area contributed by atoms with E-state index in [9.17, 15) is 13.2 Å². The van der Waals surface area contributed by atoms with Crippen LogP contribution < -0.4 is 10.2 Å². The number of aryl methyl sites for hydroxylation is 1. The van der Waals surface area contributed by atoms with Crippen molar-refractivity contribution in [3.05, 3.63) is 53.7 Å². The van der Waals surface area contributed by atoms with Crippen molar-refractivity contribution in [1.82, 2.24) is 9.88 Å². The predicted molar refractivity (Wildman–Crippen MR) is 107 cm³/mol. The summed E-state index contributed by atoms with van der Waals surface area (Å²) in [6.45, 7) is 5.09. The number of alkyl halides is 3. The summed E-state index contributed by atoms with van der Waals surface area (Å²) in [5, 5.41) is 3.84. The SMILES string of the molecule is Cc1ccnc(NC(=S)N2CC3CN(c4cccc(C(F)(F)F)c4)CC3C2)c1. The molecule has 1 aromatic carbocycles. The number of hydrogen-bond donors (Lipinski definition) is 1. The normalized spacial score (nSPS) is 21.7. The van der Waals surface area contributed by atoms with Crippen molar-refractivity contribution >= 4 is 28.8 Å². The molecular weight excluding hydrogens is 385 g/mol. The molecule has 2 atom stereocenters. The lowest BCUT2D eigenvalue weighted by molar-refractivity contribution is -0.137. The maximum atomic E-state index is 13.0. The van der Waals surface area contributed by atoms with E-state index in [0.717, 1.165) is 43.6 Å². The second kappa shape index (κ2) is 7.24. The first-order valence-corrected chi connectivity index (χ1v) is 9.61. The number of nitrogens with one attached hydrogen (secondary N) is 1. The highest BCUT2D eigenvalue weighted by Gasteiger charge is 2.41. The molecule has 148 valence electrons. The summed E-state index contributed by atoms with van der Waals surface area (Å²) in [7, 11) is 0. The molecule has 28 heavy (non-hydrogen) atoms. The van der Waals surface area contributed by atoms with Gasteiger partial charge in [0.25, 0.3) is 0 Å². The fourth-order valence-electron chi connectivity index (χ4n) is 4.04. The lowest BCUT2D eigenvalue weighted by Crippen LogP contribution is -2.36. The molecule has 2 saturated heterocycles. The molecule has 1 aromatic heterocycles. The number of hydrogen-bond acceptors (Lipinski definition) is 3. The number of benzene rings is 1. The first-order valence-electron chi connectivity index (χ1n) is 9.20. The van der Waals surface area contributed by atoms with E-state index in [1.54, 1.807) is 12.3 Å². The molecule has 0 bridgehead atoms. The maximum Gasteiger partial charge on any atom is 0.416 e. The Hall–Kier alpha value is -2.35. The van der Waals surface area contributed by atoms with Crippen molar-refractivity contribution in [2.24, 2.45) is 11.8 Å². The Bertz CT molecular complexity index is 872. The first-order chi connectivity index (χ1) is 13.3. The second-order valence-electron chi connectivity index (χ2n) is 7.53. The van der Waals surface area contributed by atoms with Crippen LogP contribution in [0.15, 0.2) is 42.6 Å². The summed E-state index contributed by atoms with van der Waals surface area (Å²) in [5.74, 6) is 1.51. The van der Waals surface area contributed by atoms with E-state index in [2.05, 4.69) is 20.1 Å². The molecule has 2 aliphatic rings. The molecule has 4 rings (SSSR count). The van der Waals surface area contributed by atoms with Crippen LogP contribution in [0.2, 0.25) is 0 Å². The molecule has 2 aliphatic heterocycles. The van der Waals surface area contributed by atoms with Gasteiger partial charge in [-0.2, -0.15) is 13.2 Å². The smallest absolute Gasteiger partial charge is 0.371 e. The van der Waals surface area contributed by atoms with Crippen molar-refractivity contribution in [3.8, 4) is 0 Å². The lowest BCUT2D eigenvalue weighted by Gasteiger charge is -2.25. The summed E-state index contributed by atoms with van der Waals surface area (Å²) in [6.07, 6.45) is -2.57. The van der Waals surface area contributed by atoms with E-state index in [1.807, 2.05) is 19.1 Å². The Kier molecular flexibility index (Phi) is 4.91. The van der Waals surface area contributed by atoms with Crippen LogP contribution in [0.25, 0.3) is 0 Å². The number of halogens is 3. The van der Waals surface area contributed by atoms with E-state index < -0.39 is 11.7 Å². The summed E-state index contributed by atoms with van der Waals surface area (Å²) in [6, 6.07) is 9.46. The summed E-state index contributed by atoms with van der Waals surface area (Å²) < 4.78 is 38.9. The number of rotatable bonds is 2. The van der Waals surface area contributed by atoms with Gasteiger partial charge in [0.1, 0.15) is 5.82 Å². The Morgan fingerprint density at radius 1 is 1.11 bits per heavy atom. The molecule has 0 aliphatic carbocycles.